The molecule has 0 saturated heterocycles. The third kappa shape index (κ3) is 2.88. The van der Waals surface area contributed by atoms with Crippen molar-refractivity contribution >= 4 is 0 Å². The summed E-state index contributed by atoms with van der Waals surface area (Å²) in [6.07, 6.45) is 1.11. The minimum absolute atomic E-state index is 0.138. The first-order valence-corrected chi connectivity index (χ1v) is 6.08. The summed E-state index contributed by atoms with van der Waals surface area (Å²) in [4.78, 5) is 0. The van der Waals surface area contributed by atoms with Gasteiger partial charge in [-0.3, -0.25) is 0 Å². The van der Waals surface area contributed by atoms with E-state index in [1.807, 2.05) is 30.3 Å². The van der Waals surface area contributed by atoms with E-state index in [2.05, 4.69) is 38.1 Å². The summed E-state index contributed by atoms with van der Waals surface area (Å²) in [6.45, 7) is 4.28. The summed E-state index contributed by atoms with van der Waals surface area (Å²) < 4.78 is 6.03. The van der Waals surface area contributed by atoms with Gasteiger partial charge in [0.05, 0.1) is 0 Å². The number of ether oxygens (including phenoxy) is 1. The molecule has 0 aliphatic heterocycles. The van der Waals surface area contributed by atoms with Gasteiger partial charge in [0.15, 0.2) is 0 Å². The Labute approximate surface area is 103 Å². The van der Waals surface area contributed by atoms with Gasteiger partial charge in [-0.05, 0) is 36.6 Å². The summed E-state index contributed by atoms with van der Waals surface area (Å²) in [7, 11) is 0. The Morgan fingerprint density at radius 3 is 2.24 bits per heavy atom. The third-order valence-corrected chi connectivity index (χ3v) is 2.93. The number of aryl methyl sites for hydroxylation is 1. The molecular weight excluding hydrogens is 208 g/mol. The van der Waals surface area contributed by atoms with Crippen LogP contribution in [0.1, 0.15) is 30.6 Å². The van der Waals surface area contributed by atoms with Crippen molar-refractivity contribution in [3.8, 4) is 5.75 Å². The normalized spacial score (nSPS) is 12.1. The number of para-hydroxylation sites is 1. The molecule has 0 aromatic heterocycles. The summed E-state index contributed by atoms with van der Waals surface area (Å²) in [5, 5.41) is 0. The van der Waals surface area contributed by atoms with Gasteiger partial charge in [-0.15, -0.1) is 0 Å². The Kier molecular flexibility index (Phi) is 3.81. The fourth-order valence-corrected chi connectivity index (χ4v) is 1.98. The molecule has 17 heavy (non-hydrogen) atoms. The van der Waals surface area contributed by atoms with E-state index in [-0.39, 0.29) is 6.10 Å². The van der Waals surface area contributed by atoms with Gasteiger partial charge in [-0.2, -0.15) is 0 Å². The molecule has 0 aliphatic rings. The maximum atomic E-state index is 6.03. The van der Waals surface area contributed by atoms with Crippen molar-refractivity contribution in [1.82, 2.24) is 0 Å². The quantitative estimate of drug-likeness (QED) is 0.744. The smallest absolute Gasteiger partial charge is 0.124 e. The highest BCUT2D eigenvalue weighted by atomic mass is 16.5. The van der Waals surface area contributed by atoms with Crippen molar-refractivity contribution in [2.75, 3.05) is 0 Å². The van der Waals surface area contributed by atoms with Crippen molar-refractivity contribution in [2.24, 2.45) is 0 Å². The molecule has 0 spiro atoms. The third-order valence-electron chi connectivity index (χ3n) is 2.93. The first-order chi connectivity index (χ1) is 8.31. The van der Waals surface area contributed by atoms with Crippen LogP contribution in [0.4, 0.5) is 0 Å². The van der Waals surface area contributed by atoms with Crippen LogP contribution < -0.4 is 4.74 Å². The van der Waals surface area contributed by atoms with Crippen LogP contribution in [0.15, 0.2) is 54.6 Å². The minimum atomic E-state index is 0.138. The molecule has 0 N–H and O–H groups in total. The van der Waals surface area contributed by atoms with Crippen molar-refractivity contribution in [1.29, 1.82) is 0 Å². The predicted molar refractivity (Wildman–Crippen MR) is 71.3 cm³/mol. The summed E-state index contributed by atoms with van der Waals surface area (Å²) in [5.41, 5.74) is 2.56. The van der Waals surface area contributed by atoms with Crippen LogP contribution in [0.5, 0.6) is 5.75 Å². The van der Waals surface area contributed by atoms with Gasteiger partial charge in [0, 0.05) is 0 Å². The largest absolute Gasteiger partial charge is 0.486 e. The molecule has 0 fully saturated rings. The molecule has 0 saturated carbocycles. The highest BCUT2D eigenvalue weighted by Gasteiger charge is 2.12. The fraction of sp³-hybridized carbons (Fsp3) is 0.250. The maximum absolute atomic E-state index is 6.03. The molecule has 1 unspecified atom stereocenters. The number of rotatable bonds is 4. The molecule has 1 atom stereocenters. The maximum Gasteiger partial charge on any atom is 0.124 e. The fourth-order valence-electron chi connectivity index (χ4n) is 1.98. The molecule has 0 aliphatic carbocycles. The second-order valence-corrected chi connectivity index (χ2v) is 4.18. The molecule has 0 heterocycles. The van der Waals surface area contributed by atoms with Crippen molar-refractivity contribution < 1.29 is 4.74 Å². The summed E-state index contributed by atoms with van der Waals surface area (Å²) in [5.74, 6) is 0.933. The van der Waals surface area contributed by atoms with E-state index in [1.165, 1.54) is 11.1 Å². The van der Waals surface area contributed by atoms with Gasteiger partial charge in [0.2, 0.25) is 0 Å². The van der Waals surface area contributed by atoms with E-state index in [0.717, 1.165) is 12.2 Å². The lowest BCUT2D eigenvalue weighted by Crippen LogP contribution is -2.07. The number of hydrogen-bond acceptors (Lipinski definition) is 1. The Balaban J connectivity index is 2.21. The van der Waals surface area contributed by atoms with Crippen LogP contribution in [-0.2, 0) is 0 Å². The SMILES string of the molecule is CCC(Oc1ccccc1)c1ccccc1C. The van der Waals surface area contributed by atoms with Crippen LogP contribution in [0.2, 0.25) is 0 Å². The summed E-state index contributed by atoms with van der Waals surface area (Å²) >= 11 is 0. The average Bonchev–Trinajstić information content (AvgIpc) is 2.38. The molecule has 2 aromatic carbocycles. The predicted octanol–water partition coefficient (Wildman–Crippen LogP) is 4.53. The molecule has 2 aromatic rings. The van der Waals surface area contributed by atoms with Gasteiger partial charge in [0.25, 0.3) is 0 Å². The van der Waals surface area contributed by atoms with Gasteiger partial charge < -0.3 is 4.74 Å². The first-order valence-electron chi connectivity index (χ1n) is 6.08. The zero-order valence-corrected chi connectivity index (χ0v) is 10.4. The highest BCUT2D eigenvalue weighted by molar-refractivity contribution is 5.29. The van der Waals surface area contributed by atoms with E-state index >= 15 is 0 Å². The standard InChI is InChI=1S/C16H18O/c1-3-16(15-12-8-7-9-13(15)2)17-14-10-5-4-6-11-14/h4-12,16H,3H2,1-2H3. The molecule has 2 rings (SSSR count). The Hall–Kier alpha value is -1.76. The van der Waals surface area contributed by atoms with E-state index in [4.69, 9.17) is 4.74 Å². The zero-order valence-electron chi connectivity index (χ0n) is 10.4. The van der Waals surface area contributed by atoms with Gasteiger partial charge in [-0.25, -0.2) is 0 Å². The average molecular weight is 226 g/mol. The van der Waals surface area contributed by atoms with Crippen LogP contribution in [0.3, 0.4) is 0 Å². The number of hydrogen-bond donors (Lipinski definition) is 0. The Morgan fingerprint density at radius 1 is 0.941 bits per heavy atom. The zero-order chi connectivity index (χ0) is 12.1. The molecule has 0 bridgehead atoms. The van der Waals surface area contributed by atoms with E-state index in [9.17, 15) is 0 Å². The first kappa shape index (κ1) is 11.7. The van der Waals surface area contributed by atoms with Crippen molar-refractivity contribution in [2.45, 2.75) is 26.4 Å². The Bertz CT molecular complexity index is 462. The van der Waals surface area contributed by atoms with Gasteiger partial charge in [0.1, 0.15) is 11.9 Å². The van der Waals surface area contributed by atoms with Crippen LogP contribution in [0, 0.1) is 6.92 Å². The molecule has 88 valence electrons. The Morgan fingerprint density at radius 2 is 1.59 bits per heavy atom. The van der Waals surface area contributed by atoms with Crippen LogP contribution in [-0.4, -0.2) is 0 Å². The molecule has 0 amide bonds. The van der Waals surface area contributed by atoms with Crippen molar-refractivity contribution in [3.63, 3.8) is 0 Å². The van der Waals surface area contributed by atoms with E-state index in [1.54, 1.807) is 0 Å². The molecular formula is C16H18O. The van der Waals surface area contributed by atoms with E-state index in [0.29, 0.717) is 0 Å². The summed E-state index contributed by atoms with van der Waals surface area (Å²) in [6, 6.07) is 18.4. The van der Waals surface area contributed by atoms with Gasteiger partial charge in [-0.1, -0.05) is 49.4 Å². The monoisotopic (exact) mass is 226 g/mol. The molecule has 1 nitrogen and oxygen atoms in total. The number of benzene rings is 2. The molecule has 1 heteroatoms. The van der Waals surface area contributed by atoms with Crippen LogP contribution >= 0.6 is 0 Å². The van der Waals surface area contributed by atoms with E-state index < -0.39 is 0 Å². The second-order valence-electron chi connectivity index (χ2n) is 4.18. The highest BCUT2D eigenvalue weighted by Crippen LogP contribution is 2.26. The topological polar surface area (TPSA) is 9.23 Å². The van der Waals surface area contributed by atoms with Crippen LogP contribution in [0.25, 0.3) is 0 Å². The van der Waals surface area contributed by atoms with Gasteiger partial charge >= 0.3 is 0 Å². The lowest BCUT2D eigenvalue weighted by atomic mass is 10.0. The van der Waals surface area contributed by atoms with Crippen molar-refractivity contribution in [3.05, 3.63) is 65.7 Å². The molecule has 0 radical (unpaired) electrons. The lowest BCUT2D eigenvalue weighted by Gasteiger charge is -2.19. The minimum Gasteiger partial charge on any atom is -0.486 e. The second kappa shape index (κ2) is 5.53. The lowest BCUT2D eigenvalue weighted by molar-refractivity contribution is 0.200.